The Morgan fingerprint density at radius 1 is 0.742 bits per heavy atom. The number of nitrogens with zero attached hydrogens (tertiary/aromatic N) is 2. The molecule has 3 rings (SSSR count). The highest BCUT2D eigenvalue weighted by atomic mass is 32.2. The van der Waals surface area contributed by atoms with Crippen LogP contribution < -0.4 is 9.47 Å². The van der Waals surface area contributed by atoms with Crippen molar-refractivity contribution in [3.63, 3.8) is 0 Å². The van der Waals surface area contributed by atoms with E-state index in [9.17, 15) is 16.8 Å². The average molecular weight is 469 g/mol. The summed E-state index contributed by atoms with van der Waals surface area (Å²) in [5.41, 5.74) is 2.37. The summed E-state index contributed by atoms with van der Waals surface area (Å²) in [6, 6.07) is 8.26. The van der Waals surface area contributed by atoms with Gasteiger partial charge in [-0.2, -0.15) is 8.61 Å². The summed E-state index contributed by atoms with van der Waals surface area (Å²) in [6.07, 6.45) is 0. The van der Waals surface area contributed by atoms with Gasteiger partial charge in [0.05, 0.1) is 19.1 Å². The molecule has 1 aliphatic rings. The molecule has 0 radical (unpaired) electrons. The van der Waals surface area contributed by atoms with Crippen molar-refractivity contribution in [1.29, 1.82) is 0 Å². The SMILES string of the molecule is COc1ccc(OC)c(S(=O)(=O)N2CCN(S(=O)(=O)c3c(C)cc(C)cc3C)CC2)c1. The topological polar surface area (TPSA) is 93.2 Å². The fourth-order valence-electron chi connectivity index (χ4n) is 3.98. The molecule has 0 atom stereocenters. The van der Waals surface area contributed by atoms with Gasteiger partial charge in [-0.25, -0.2) is 16.8 Å². The Kier molecular flexibility index (Phi) is 6.66. The van der Waals surface area contributed by atoms with Crippen LogP contribution in [0.2, 0.25) is 0 Å². The number of sulfonamides is 2. The smallest absolute Gasteiger partial charge is 0.246 e. The lowest BCUT2D eigenvalue weighted by Crippen LogP contribution is -2.50. The lowest BCUT2D eigenvalue weighted by atomic mass is 10.1. The predicted molar refractivity (Wildman–Crippen MR) is 118 cm³/mol. The maximum atomic E-state index is 13.3. The molecule has 0 aliphatic carbocycles. The van der Waals surface area contributed by atoms with E-state index in [1.165, 1.54) is 35.0 Å². The van der Waals surface area contributed by atoms with Gasteiger partial charge in [0.25, 0.3) is 0 Å². The van der Waals surface area contributed by atoms with E-state index in [1.807, 2.05) is 19.1 Å². The molecule has 31 heavy (non-hydrogen) atoms. The standard InChI is InChI=1S/C21H28N2O6S2/c1-15-12-16(2)21(17(3)13-15)31(26,27)23-10-8-22(9-11-23)30(24,25)20-14-18(28-4)6-7-19(20)29-5/h6-7,12-14H,8-11H2,1-5H3. The van der Waals surface area contributed by atoms with E-state index in [-0.39, 0.29) is 36.8 Å². The number of piperazine rings is 1. The Labute approximate surface area is 184 Å². The van der Waals surface area contributed by atoms with E-state index < -0.39 is 20.0 Å². The second-order valence-electron chi connectivity index (χ2n) is 7.55. The average Bonchev–Trinajstić information content (AvgIpc) is 2.72. The third kappa shape index (κ3) is 4.43. The molecule has 1 heterocycles. The molecule has 170 valence electrons. The van der Waals surface area contributed by atoms with E-state index in [4.69, 9.17) is 9.47 Å². The fourth-order valence-corrected chi connectivity index (χ4v) is 7.40. The van der Waals surface area contributed by atoms with Gasteiger partial charge >= 0.3 is 0 Å². The summed E-state index contributed by atoms with van der Waals surface area (Å²) in [5, 5.41) is 0. The minimum absolute atomic E-state index is 0.00381. The third-order valence-electron chi connectivity index (χ3n) is 5.39. The van der Waals surface area contributed by atoms with Crippen molar-refractivity contribution in [3.05, 3.63) is 47.0 Å². The van der Waals surface area contributed by atoms with Crippen molar-refractivity contribution in [2.45, 2.75) is 30.6 Å². The summed E-state index contributed by atoms with van der Waals surface area (Å²) < 4.78 is 66.0. The highest BCUT2D eigenvalue weighted by Crippen LogP contribution is 2.32. The molecular formula is C21H28N2O6S2. The molecular weight excluding hydrogens is 440 g/mol. The van der Waals surface area contributed by atoms with Gasteiger partial charge in [-0.05, 0) is 44.0 Å². The summed E-state index contributed by atoms with van der Waals surface area (Å²) in [7, 11) is -4.76. The van der Waals surface area contributed by atoms with Crippen LogP contribution in [0.4, 0.5) is 0 Å². The van der Waals surface area contributed by atoms with E-state index in [1.54, 1.807) is 19.9 Å². The zero-order valence-electron chi connectivity index (χ0n) is 18.4. The van der Waals surface area contributed by atoms with Crippen molar-refractivity contribution in [2.75, 3.05) is 40.4 Å². The first-order valence-electron chi connectivity index (χ1n) is 9.82. The monoisotopic (exact) mass is 468 g/mol. The molecule has 8 nitrogen and oxygen atoms in total. The minimum atomic E-state index is -3.89. The fraction of sp³-hybridized carbons (Fsp3) is 0.429. The second kappa shape index (κ2) is 8.78. The zero-order chi connectivity index (χ0) is 23.0. The number of hydrogen-bond donors (Lipinski definition) is 0. The largest absolute Gasteiger partial charge is 0.497 e. The number of benzene rings is 2. The van der Waals surface area contributed by atoms with Gasteiger partial charge in [0.1, 0.15) is 16.4 Å². The van der Waals surface area contributed by atoms with Crippen molar-refractivity contribution < 1.29 is 26.3 Å². The van der Waals surface area contributed by atoms with Crippen LogP contribution in [0.3, 0.4) is 0 Å². The van der Waals surface area contributed by atoms with Gasteiger partial charge in [0.2, 0.25) is 20.0 Å². The molecule has 10 heteroatoms. The number of ether oxygens (including phenoxy) is 2. The van der Waals surface area contributed by atoms with E-state index in [0.29, 0.717) is 21.8 Å². The zero-order valence-corrected chi connectivity index (χ0v) is 20.0. The molecule has 0 unspecified atom stereocenters. The molecule has 0 N–H and O–H groups in total. The number of methoxy groups -OCH3 is 2. The Morgan fingerprint density at radius 2 is 1.26 bits per heavy atom. The highest BCUT2D eigenvalue weighted by Gasteiger charge is 2.36. The molecule has 0 saturated carbocycles. The molecule has 2 aromatic rings. The van der Waals surface area contributed by atoms with Crippen LogP contribution in [-0.2, 0) is 20.0 Å². The molecule has 0 aromatic heterocycles. The number of rotatable bonds is 6. The van der Waals surface area contributed by atoms with Crippen molar-refractivity contribution in [2.24, 2.45) is 0 Å². The predicted octanol–water partition coefficient (Wildman–Crippen LogP) is 2.32. The molecule has 0 bridgehead atoms. The Morgan fingerprint density at radius 3 is 1.74 bits per heavy atom. The van der Waals surface area contributed by atoms with Crippen LogP contribution in [0.25, 0.3) is 0 Å². The lowest BCUT2D eigenvalue weighted by Gasteiger charge is -2.34. The maximum absolute atomic E-state index is 13.3. The van der Waals surface area contributed by atoms with E-state index in [2.05, 4.69) is 0 Å². The van der Waals surface area contributed by atoms with Gasteiger partial charge in [0.15, 0.2) is 0 Å². The molecule has 1 saturated heterocycles. The third-order valence-corrected chi connectivity index (χ3v) is 9.51. The van der Waals surface area contributed by atoms with Crippen molar-refractivity contribution in [3.8, 4) is 11.5 Å². The van der Waals surface area contributed by atoms with Crippen LogP contribution in [0.5, 0.6) is 11.5 Å². The first kappa shape index (κ1) is 23.5. The lowest BCUT2D eigenvalue weighted by molar-refractivity contribution is 0.271. The molecule has 1 fully saturated rings. The summed E-state index contributed by atoms with van der Waals surface area (Å²) in [5.74, 6) is 0.604. The van der Waals surface area contributed by atoms with Crippen molar-refractivity contribution >= 4 is 20.0 Å². The van der Waals surface area contributed by atoms with E-state index in [0.717, 1.165) is 5.56 Å². The Hall–Kier alpha value is -2.14. The molecule has 0 spiro atoms. The van der Waals surface area contributed by atoms with Gasteiger partial charge < -0.3 is 9.47 Å². The highest BCUT2D eigenvalue weighted by molar-refractivity contribution is 7.89. The number of aryl methyl sites for hydroxylation is 3. The Bertz CT molecular complexity index is 1160. The summed E-state index contributed by atoms with van der Waals surface area (Å²) in [4.78, 5) is 0.291. The van der Waals surface area contributed by atoms with Crippen LogP contribution in [-0.4, -0.2) is 65.8 Å². The van der Waals surface area contributed by atoms with Gasteiger partial charge in [0, 0.05) is 32.2 Å². The van der Waals surface area contributed by atoms with Crippen LogP contribution in [0.1, 0.15) is 16.7 Å². The van der Waals surface area contributed by atoms with Gasteiger partial charge in [-0.3, -0.25) is 0 Å². The molecule has 0 amide bonds. The minimum Gasteiger partial charge on any atom is -0.497 e. The van der Waals surface area contributed by atoms with Gasteiger partial charge in [-0.1, -0.05) is 17.7 Å². The Balaban J connectivity index is 1.86. The molecule has 1 aliphatic heterocycles. The quantitative estimate of drug-likeness (QED) is 0.646. The van der Waals surface area contributed by atoms with Crippen molar-refractivity contribution in [1.82, 2.24) is 8.61 Å². The van der Waals surface area contributed by atoms with Crippen LogP contribution >= 0.6 is 0 Å². The summed E-state index contributed by atoms with van der Waals surface area (Å²) in [6.45, 7) is 5.72. The maximum Gasteiger partial charge on any atom is 0.246 e. The second-order valence-corrected chi connectivity index (χ2v) is 11.3. The van der Waals surface area contributed by atoms with E-state index >= 15 is 0 Å². The van der Waals surface area contributed by atoms with Crippen LogP contribution in [0.15, 0.2) is 40.1 Å². The first-order valence-corrected chi connectivity index (χ1v) is 12.7. The normalized spacial score (nSPS) is 16.3. The van der Waals surface area contributed by atoms with Crippen LogP contribution in [0, 0.1) is 20.8 Å². The first-order chi connectivity index (χ1) is 14.5. The molecule has 2 aromatic carbocycles. The summed E-state index contributed by atoms with van der Waals surface area (Å²) >= 11 is 0. The number of hydrogen-bond acceptors (Lipinski definition) is 6. The van der Waals surface area contributed by atoms with Gasteiger partial charge in [-0.15, -0.1) is 0 Å².